The van der Waals surface area contributed by atoms with Crippen LogP contribution < -0.4 is 10.2 Å². The maximum Gasteiger partial charge on any atom is 0.145 e. The second-order valence-corrected chi connectivity index (χ2v) is 13.9. The Bertz CT molecular complexity index is 3230. The molecule has 1 N–H and O–H groups in total. The van der Waals surface area contributed by atoms with E-state index in [0.717, 1.165) is 88.9 Å². The van der Waals surface area contributed by atoms with Gasteiger partial charge in [-0.2, -0.15) is 0 Å². The molecule has 1 unspecified atom stereocenters. The molecule has 1 aliphatic heterocycles. The lowest BCUT2D eigenvalue weighted by Crippen LogP contribution is -2.23. The molecule has 1 atom stereocenters. The van der Waals surface area contributed by atoms with Crippen LogP contribution in [0.25, 0.3) is 77.2 Å². The Morgan fingerprint density at radius 3 is 1.81 bits per heavy atom. The van der Waals surface area contributed by atoms with Crippen molar-refractivity contribution in [2.75, 3.05) is 10.2 Å². The van der Waals surface area contributed by atoms with Gasteiger partial charge in [0.05, 0.1) is 22.4 Å². The first-order valence-electron chi connectivity index (χ1n) is 18.2. The summed E-state index contributed by atoms with van der Waals surface area (Å²) in [5.74, 6) is 0. The van der Waals surface area contributed by atoms with Crippen molar-refractivity contribution in [3.8, 4) is 11.4 Å². The molecule has 0 radical (unpaired) electrons. The minimum Gasteiger partial charge on any atom is -0.456 e. The second-order valence-electron chi connectivity index (χ2n) is 13.9. The van der Waals surface area contributed by atoms with Crippen LogP contribution in [0.5, 0.6) is 0 Å². The number of rotatable bonds is 4. The summed E-state index contributed by atoms with van der Waals surface area (Å²) in [5, 5.41) is 10.5. The molecular weight excluding hydrogens is 665 g/mol. The molecule has 0 bridgehead atoms. The van der Waals surface area contributed by atoms with Crippen molar-refractivity contribution in [3.05, 3.63) is 176 Å². The molecule has 0 aliphatic carbocycles. The van der Waals surface area contributed by atoms with E-state index in [0.29, 0.717) is 0 Å². The van der Waals surface area contributed by atoms with Crippen LogP contribution in [0, 0.1) is 0 Å². The Labute approximate surface area is 308 Å². The SMILES string of the molecule is c1ccc(N2c3ccccc3NC2c2ccc3c(c2)c2cccnc2n3-c2ccc3oc4ccc(-n5c6ccccc6c6cccnc65)cc4c3c2)cc1. The van der Waals surface area contributed by atoms with E-state index in [1.54, 1.807) is 0 Å². The van der Waals surface area contributed by atoms with E-state index in [-0.39, 0.29) is 6.17 Å². The quantitative estimate of drug-likeness (QED) is 0.199. The summed E-state index contributed by atoms with van der Waals surface area (Å²) < 4.78 is 11.0. The van der Waals surface area contributed by atoms with E-state index in [4.69, 9.17) is 14.4 Å². The highest BCUT2D eigenvalue weighted by molar-refractivity contribution is 6.11. The number of pyridine rings is 2. The summed E-state index contributed by atoms with van der Waals surface area (Å²) in [6, 6.07) is 55.7. The molecule has 11 aromatic rings. The number of fused-ring (bicyclic) bond motifs is 10. The van der Waals surface area contributed by atoms with Gasteiger partial charge in [-0.05, 0) is 109 Å². The second kappa shape index (κ2) is 11.1. The van der Waals surface area contributed by atoms with Gasteiger partial charge in [0.25, 0.3) is 0 Å². The highest BCUT2D eigenvalue weighted by atomic mass is 16.3. The van der Waals surface area contributed by atoms with Crippen molar-refractivity contribution in [2.45, 2.75) is 6.17 Å². The lowest BCUT2D eigenvalue weighted by Gasteiger charge is -2.27. The van der Waals surface area contributed by atoms with E-state index in [1.807, 2.05) is 24.5 Å². The molecular formula is C47H30N6O. The summed E-state index contributed by atoms with van der Waals surface area (Å²) in [6.45, 7) is 0. The minimum absolute atomic E-state index is 0.0724. The number of aromatic nitrogens is 4. The van der Waals surface area contributed by atoms with Gasteiger partial charge < -0.3 is 14.6 Å². The van der Waals surface area contributed by atoms with Gasteiger partial charge in [0.1, 0.15) is 28.6 Å². The molecule has 54 heavy (non-hydrogen) atoms. The van der Waals surface area contributed by atoms with Crippen LogP contribution in [0.4, 0.5) is 17.1 Å². The molecule has 254 valence electrons. The van der Waals surface area contributed by atoms with Crippen LogP contribution in [-0.4, -0.2) is 19.1 Å². The fraction of sp³-hybridized carbons (Fsp3) is 0.0213. The van der Waals surface area contributed by atoms with Gasteiger partial charge in [0.2, 0.25) is 0 Å². The number of hydrogen-bond donors (Lipinski definition) is 1. The summed E-state index contributed by atoms with van der Waals surface area (Å²) >= 11 is 0. The standard InChI is InChI=1S/C47H30N6O/c1-2-10-30(11-3-1)51-42-17-7-5-15-39(42)50-45(51)29-18-21-41-36(26-29)35-14-9-25-49-47(35)53(41)32-20-23-44-38(28-32)37-27-31(19-22-43(37)54-44)52-40-16-6-4-12-33(40)34-13-8-24-48-46(34)52/h1-28,45,50H. The van der Waals surface area contributed by atoms with E-state index in [1.165, 1.54) is 10.9 Å². The van der Waals surface area contributed by atoms with Crippen LogP contribution >= 0.6 is 0 Å². The minimum atomic E-state index is -0.0724. The molecule has 6 heterocycles. The molecule has 0 spiro atoms. The Hall–Kier alpha value is -7.38. The van der Waals surface area contributed by atoms with Crippen molar-refractivity contribution >= 4 is 82.9 Å². The van der Waals surface area contributed by atoms with Gasteiger partial charge in [-0.15, -0.1) is 0 Å². The van der Waals surface area contributed by atoms with Gasteiger partial charge in [0, 0.05) is 61.8 Å². The van der Waals surface area contributed by atoms with Gasteiger partial charge in [0.15, 0.2) is 0 Å². The average molecular weight is 695 g/mol. The van der Waals surface area contributed by atoms with Crippen molar-refractivity contribution in [1.29, 1.82) is 0 Å². The predicted molar refractivity (Wildman–Crippen MR) is 219 cm³/mol. The van der Waals surface area contributed by atoms with Crippen LogP contribution in [0.2, 0.25) is 0 Å². The zero-order valence-electron chi connectivity index (χ0n) is 28.9. The van der Waals surface area contributed by atoms with Crippen molar-refractivity contribution < 1.29 is 4.42 Å². The molecule has 12 rings (SSSR count). The van der Waals surface area contributed by atoms with E-state index in [9.17, 15) is 0 Å². The third kappa shape index (κ3) is 4.12. The summed E-state index contributed by atoms with van der Waals surface area (Å²) in [5.41, 5.74) is 12.4. The van der Waals surface area contributed by atoms with Gasteiger partial charge in [-0.1, -0.05) is 54.6 Å². The highest BCUT2D eigenvalue weighted by Crippen LogP contribution is 2.47. The van der Waals surface area contributed by atoms with E-state index in [2.05, 4.69) is 165 Å². The van der Waals surface area contributed by atoms with Crippen LogP contribution in [0.1, 0.15) is 11.7 Å². The number of furan rings is 1. The zero-order valence-corrected chi connectivity index (χ0v) is 28.9. The molecule has 7 nitrogen and oxygen atoms in total. The predicted octanol–water partition coefficient (Wildman–Crippen LogP) is 11.8. The molecule has 5 aromatic heterocycles. The Balaban J connectivity index is 1.02. The maximum absolute atomic E-state index is 6.43. The fourth-order valence-electron chi connectivity index (χ4n) is 8.65. The summed E-state index contributed by atoms with van der Waals surface area (Å²) in [4.78, 5) is 12.2. The number of benzene rings is 6. The number of anilines is 3. The normalized spacial score (nSPS) is 14.2. The number of para-hydroxylation sites is 4. The first kappa shape index (κ1) is 29.2. The van der Waals surface area contributed by atoms with Crippen molar-refractivity contribution in [3.63, 3.8) is 0 Å². The molecule has 7 heteroatoms. The number of nitrogens with zero attached hydrogens (tertiary/aromatic N) is 5. The smallest absolute Gasteiger partial charge is 0.145 e. The Kier molecular flexibility index (Phi) is 5.99. The third-order valence-corrected chi connectivity index (χ3v) is 11.0. The third-order valence-electron chi connectivity index (χ3n) is 11.0. The number of hydrogen-bond acceptors (Lipinski definition) is 5. The van der Waals surface area contributed by atoms with Gasteiger partial charge in [-0.3, -0.25) is 9.13 Å². The van der Waals surface area contributed by atoms with E-state index < -0.39 is 0 Å². The Morgan fingerprint density at radius 1 is 0.463 bits per heavy atom. The average Bonchev–Trinajstić information content (AvgIpc) is 3.98. The highest BCUT2D eigenvalue weighted by Gasteiger charge is 2.31. The monoisotopic (exact) mass is 694 g/mol. The first-order valence-corrected chi connectivity index (χ1v) is 18.2. The largest absolute Gasteiger partial charge is 0.456 e. The number of nitrogens with one attached hydrogen (secondary N) is 1. The van der Waals surface area contributed by atoms with Crippen LogP contribution in [0.3, 0.4) is 0 Å². The topological polar surface area (TPSA) is 64.1 Å². The zero-order chi connectivity index (χ0) is 35.3. The molecule has 0 fully saturated rings. The van der Waals surface area contributed by atoms with Gasteiger partial charge in [-0.25, -0.2) is 9.97 Å². The van der Waals surface area contributed by atoms with Gasteiger partial charge >= 0.3 is 0 Å². The van der Waals surface area contributed by atoms with Crippen molar-refractivity contribution in [1.82, 2.24) is 19.1 Å². The molecule has 6 aromatic carbocycles. The molecule has 0 saturated heterocycles. The molecule has 1 aliphatic rings. The van der Waals surface area contributed by atoms with Crippen molar-refractivity contribution in [2.24, 2.45) is 0 Å². The molecule has 0 amide bonds. The first-order chi connectivity index (χ1) is 26.8. The fourth-order valence-corrected chi connectivity index (χ4v) is 8.65. The van der Waals surface area contributed by atoms with Crippen LogP contribution in [-0.2, 0) is 0 Å². The lowest BCUT2D eigenvalue weighted by atomic mass is 10.1. The van der Waals surface area contributed by atoms with Crippen LogP contribution in [0.15, 0.2) is 175 Å². The molecule has 0 saturated carbocycles. The Morgan fingerprint density at radius 2 is 1.07 bits per heavy atom. The summed E-state index contributed by atoms with van der Waals surface area (Å²) in [6.07, 6.45) is 3.67. The van der Waals surface area contributed by atoms with E-state index >= 15 is 0 Å². The lowest BCUT2D eigenvalue weighted by molar-refractivity contribution is 0.669. The summed E-state index contributed by atoms with van der Waals surface area (Å²) in [7, 11) is 0. The maximum atomic E-state index is 6.43.